The molecule has 4 nitrogen and oxygen atoms in total. The molecule has 1 atom stereocenters. The zero-order valence-corrected chi connectivity index (χ0v) is 10.1. The van der Waals surface area contributed by atoms with Crippen molar-refractivity contribution in [3.8, 4) is 0 Å². The summed E-state index contributed by atoms with van der Waals surface area (Å²) in [6.07, 6.45) is 1.61. The molecule has 0 saturated heterocycles. The van der Waals surface area contributed by atoms with Crippen molar-refractivity contribution < 1.29 is 4.21 Å². The van der Waals surface area contributed by atoms with Gasteiger partial charge in [-0.3, -0.25) is 4.21 Å². The molecule has 0 aliphatic heterocycles. The SMILES string of the molecule is Cc1cccc([S@](=O)Cc2nncn2C)c1. The molecule has 1 heterocycles. The van der Waals surface area contributed by atoms with Gasteiger partial charge in [-0.1, -0.05) is 12.1 Å². The van der Waals surface area contributed by atoms with Crippen LogP contribution in [0.4, 0.5) is 0 Å². The lowest BCUT2D eigenvalue weighted by atomic mass is 10.2. The van der Waals surface area contributed by atoms with E-state index in [1.165, 1.54) is 0 Å². The van der Waals surface area contributed by atoms with E-state index in [9.17, 15) is 4.21 Å². The molecule has 2 rings (SSSR count). The van der Waals surface area contributed by atoms with Crippen molar-refractivity contribution in [1.82, 2.24) is 14.8 Å². The lowest BCUT2D eigenvalue weighted by Gasteiger charge is -2.02. The minimum Gasteiger partial charge on any atom is -0.320 e. The van der Waals surface area contributed by atoms with Crippen LogP contribution < -0.4 is 0 Å². The Bertz CT molecular complexity index is 521. The van der Waals surface area contributed by atoms with E-state index in [0.717, 1.165) is 16.3 Å². The maximum absolute atomic E-state index is 12.0. The summed E-state index contributed by atoms with van der Waals surface area (Å²) in [6, 6.07) is 7.72. The van der Waals surface area contributed by atoms with Crippen molar-refractivity contribution >= 4 is 10.8 Å². The van der Waals surface area contributed by atoms with E-state index in [1.807, 2.05) is 38.2 Å². The second-order valence-electron chi connectivity index (χ2n) is 3.66. The summed E-state index contributed by atoms with van der Waals surface area (Å²) in [5.41, 5.74) is 1.11. The molecule has 2 aromatic rings. The highest BCUT2D eigenvalue weighted by Crippen LogP contribution is 2.12. The van der Waals surface area contributed by atoms with Gasteiger partial charge >= 0.3 is 0 Å². The average Bonchev–Trinajstić information content (AvgIpc) is 2.64. The molecule has 0 amide bonds. The normalized spacial score (nSPS) is 12.6. The van der Waals surface area contributed by atoms with E-state index in [0.29, 0.717) is 5.75 Å². The lowest BCUT2D eigenvalue weighted by Crippen LogP contribution is -2.03. The van der Waals surface area contributed by atoms with Crippen molar-refractivity contribution in [2.24, 2.45) is 7.05 Å². The molecule has 1 aromatic heterocycles. The third-order valence-corrected chi connectivity index (χ3v) is 3.62. The number of nitrogens with zero attached hydrogens (tertiary/aromatic N) is 3. The second kappa shape index (κ2) is 4.57. The second-order valence-corrected chi connectivity index (χ2v) is 5.12. The summed E-state index contributed by atoms with van der Waals surface area (Å²) in [7, 11) is 0.793. The maximum atomic E-state index is 12.0. The summed E-state index contributed by atoms with van der Waals surface area (Å²) < 4.78 is 13.8. The van der Waals surface area contributed by atoms with Gasteiger partial charge in [-0.05, 0) is 24.6 Å². The fraction of sp³-hybridized carbons (Fsp3) is 0.273. The first-order valence-corrected chi connectivity index (χ1v) is 6.26. The zero-order valence-electron chi connectivity index (χ0n) is 9.25. The predicted octanol–water partition coefficient (Wildman–Crippen LogP) is 1.43. The van der Waals surface area contributed by atoms with Crippen LogP contribution in [0.25, 0.3) is 0 Å². The number of aromatic nitrogens is 3. The number of hydrogen-bond donors (Lipinski definition) is 0. The largest absolute Gasteiger partial charge is 0.320 e. The fourth-order valence-corrected chi connectivity index (χ4v) is 2.61. The van der Waals surface area contributed by atoms with E-state index in [4.69, 9.17) is 0 Å². The Morgan fingerprint density at radius 3 is 2.88 bits per heavy atom. The van der Waals surface area contributed by atoms with Crippen LogP contribution in [-0.2, 0) is 23.6 Å². The van der Waals surface area contributed by atoms with Gasteiger partial charge in [0.1, 0.15) is 12.2 Å². The van der Waals surface area contributed by atoms with Crippen molar-refractivity contribution in [3.05, 3.63) is 42.0 Å². The molecule has 0 unspecified atom stereocenters. The zero-order chi connectivity index (χ0) is 11.5. The molecule has 84 valence electrons. The van der Waals surface area contributed by atoms with Gasteiger partial charge in [-0.25, -0.2) is 0 Å². The van der Waals surface area contributed by atoms with Gasteiger partial charge in [-0.15, -0.1) is 10.2 Å². The molecule has 0 bridgehead atoms. The first-order valence-electron chi connectivity index (χ1n) is 4.95. The van der Waals surface area contributed by atoms with E-state index in [1.54, 1.807) is 10.9 Å². The molecule has 5 heteroatoms. The van der Waals surface area contributed by atoms with E-state index in [-0.39, 0.29) is 0 Å². The Morgan fingerprint density at radius 2 is 2.25 bits per heavy atom. The summed E-state index contributed by atoms with van der Waals surface area (Å²) in [4.78, 5) is 0.836. The summed E-state index contributed by atoms with van der Waals surface area (Å²) in [5, 5.41) is 7.69. The number of rotatable bonds is 3. The highest BCUT2D eigenvalue weighted by atomic mass is 32.2. The molecule has 0 radical (unpaired) electrons. The molecular formula is C11H13N3OS. The Morgan fingerprint density at radius 1 is 1.44 bits per heavy atom. The smallest absolute Gasteiger partial charge is 0.145 e. The van der Waals surface area contributed by atoms with Crippen molar-refractivity contribution in [1.29, 1.82) is 0 Å². The van der Waals surface area contributed by atoms with Crippen LogP contribution in [0.3, 0.4) is 0 Å². The third kappa shape index (κ3) is 2.36. The van der Waals surface area contributed by atoms with Crippen molar-refractivity contribution in [3.63, 3.8) is 0 Å². The highest BCUT2D eigenvalue weighted by Gasteiger charge is 2.09. The molecule has 0 aliphatic rings. The Hall–Kier alpha value is -1.49. The molecule has 0 aliphatic carbocycles. The summed E-state index contributed by atoms with van der Waals surface area (Å²) in [6.45, 7) is 1.99. The highest BCUT2D eigenvalue weighted by molar-refractivity contribution is 7.84. The predicted molar refractivity (Wildman–Crippen MR) is 62.3 cm³/mol. The first kappa shape index (κ1) is 11.0. The van der Waals surface area contributed by atoms with Crippen LogP contribution in [0.15, 0.2) is 35.5 Å². The molecule has 0 spiro atoms. The topological polar surface area (TPSA) is 47.8 Å². The minimum absolute atomic E-state index is 0.403. The number of hydrogen-bond acceptors (Lipinski definition) is 3. The van der Waals surface area contributed by atoms with Crippen molar-refractivity contribution in [2.45, 2.75) is 17.6 Å². The van der Waals surface area contributed by atoms with Gasteiger partial charge in [0.25, 0.3) is 0 Å². The minimum atomic E-state index is -1.06. The lowest BCUT2D eigenvalue weighted by molar-refractivity contribution is 0.679. The fourth-order valence-electron chi connectivity index (χ4n) is 1.40. The van der Waals surface area contributed by atoms with Crippen LogP contribution in [0.2, 0.25) is 0 Å². The van der Waals surface area contributed by atoms with Gasteiger partial charge in [0, 0.05) is 11.9 Å². The van der Waals surface area contributed by atoms with Gasteiger partial charge in [0.2, 0.25) is 0 Å². The molecule has 0 fully saturated rings. The van der Waals surface area contributed by atoms with Gasteiger partial charge in [-0.2, -0.15) is 0 Å². The maximum Gasteiger partial charge on any atom is 0.145 e. The molecular weight excluding hydrogens is 222 g/mol. The number of aryl methyl sites for hydroxylation is 2. The molecule has 0 N–H and O–H groups in total. The van der Waals surface area contributed by atoms with E-state index >= 15 is 0 Å². The van der Waals surface area contributed by atoms with Crippen LogP contribution >= 0.6 is 0 Å². The quantitative estimate of drug-likeness (QED) is 0.808. The van der Waals surface area contributed by atoms with Gasteiger partial charge in [0.05, 0.1) is 16.6 Å². The van der Waals surface area contributed by atoms with E-state index < -0.39 is 10.8 Å². The van der Waals surface area contributed by atoms with Crippen LogP contribution in [0.1, 0.15) is 11.4 Å². The molecule has 1 aromatic carbocycles. The average molecular weight is 235 g/mol. The van der Waals surface area contributed by atoms with E-state index in [2.05, 4.69) is 10.2 Å². The number of benzene rings is 1. The summed E-state index contributed by atoms with van der Waals surface area (Å²) >= 11 is 0. The Balaban J connectivity index is 2.18. The van der Waals surface area contributed by atoms with Crippen LogP contribution in [0, 0.1) is 6.92 Å². The monoisotopic (exact) mass is 235 g/mol. The standard InChI is InChI=1S/C11H13N3OS/c1-9-4-3-5-10(6-9)16(15)7-11-13-12-8-14(11)2/h3-6,8H,7H2,1-2H3/t16-/m1/s1. The van der Waals surface area contributed by atoms with Gasteiger partial charge in [0.15, 0.2) is 0 Å². The van der Waals surface area contributed by atoms with Gasteiger partial charge < -0.3 is 4.57 Å². The summed E-state index contributed by atoms with van der Waals surface area (Å²) in [5.74, 6) is 1.14. The van der Waals surface area contributed by atoms with Crippen LogP contribution in [-0.4, -0.2) is 19.0 Å². The third-order valence-electron chi connectivity index (χ3n) is 2.32. The Kier molecular flexibility index (Phi) is 3.14. The Labute approximate surface area is 96.8 Å². The first-order chi connectivity index (χ1) is 7.66. The molecule has 0 saturated carbocycles. The van der Waals surface area contributed by atoms with Crippen molar-refractivity contribution in [2.75, 3.05) is 0 Å². The van der Waals surface area contributed by atoms with Crippen LogP contribution in [0.5, 0.6) is 0 Å². The molecule has 16 heavy (non-hydrogen) atoms.